The summed E-state index contributed by atoms with van der Waals surface area (Å²) in [5, 5.41) is 15.6. The van der Waals surface area contributed by atoms with Gasteiger partial charge in [-0.3, -0.25) is 9.69 Å². The van der Waals surface area contributed by atoms with Crippen LogP contribution in [-0.4, -0.2) is 83.2 Å². The zero-order valence-corrected chi connectivity index (χ0v) is 19.0. The summed E-state index contributed by atoms with van der Waals surface area (Å²) in [4.78, 5) is 47.3. The Morgan fingerprint density at radius 1 is 0.909 bits per heavy atom. The van der Waals surface area contributed by atoms with Crippen molar-refractivity contribution in [2.24, 2.45) is 0 Å². The number of carboxylic acid groups (broad SMARTS) is 2. The van der Waals surface area contributed by atoms with Gasteiger partial charge in [-0.2, -0.15) is 0 Å². The number of hydrogen-bond acceptors (Lipinski definition) is 6. The summed E-state index contributed by atoms with van der Waals surface area (Å²) in [6.07, 6.45) is 6.85. The van der Waals surface area contributed by atoms with Gasteiger partial charge in [-0.15, -0.1) is 0 Å². The van der Waals surface area contributed by atoms with Crippen LogP contribution in [-0.2, 0) is 27.2 Å². The molecule has 0 bridgehead atoms. The van der Waals surface area contributed by atoms with Crippen LogP contribution in [0.1, 0.15) is 47.7 Å². The lowest BCUT2D eigenvalue weighted by Crippen LogP contribution is -2.50. The molecule has 2 N–H and O–H groups in total. The van der Waals surface area contributed by atoms with Crippen LogP contribution in [0.5, 0.6) is 0 Å². The summed E-state index contributed by atoms with van der Waals surface area (Å²) in [6, 6.07) is 6.24. The number of carboxylic acids is 2. The standard InChI is InChI=1S/C20H28N2O3.C4H4O4/c1-2-25-20(24)22-12-10-21(11-13-22)15-19(23)18-9-8-16-6-4-3-5-7-17(16)14-18;5-3(6)1-2-4(7)8/h8-9,14H,2-7,10-13,15H2,1H3;1-2H,(H,5,6)(H,7,8)/b;2-1+. The van der Waals surface area contributed by atoms with Crippen molar-refractivity contribution in [2.75, 3.05) is 39.3 Å². The lowest BCUT2D eigenvalue weighted by Gasteiger charge is -2.33. The number of hydrogen-bond donors (Lipinski definition) is 2. The number of ketones is 1. The van der Waals surface area contributed by atoms with Crippen LogP contribution >= 0.6 is 0 Å². The Labute approximate surface area is 193 Å². The largest absolute Gasteiger partial charge is 0.478 e. The number of rotatable bonds is 6. The van der Waals surface area contributed by atoms with E-state index in [0.717, 1.165) is 31.5 Å². The minimum atomic E-state index is -1.26. The van der Waals surface area contributed by atoms with Gasteiger partial charge in [0.1, 0.15) is 0 Å². The number of benzene rings is 1. The molecule has 9 heteroatoms. The highest BCUT2D eigenvalue weighted by Gasteiger charge is 2.23. The van der Waals surface area contributed by atoms with Crippen molar-refractivity contribution in [1.82, 2.24) is 9.80 Å². The lowest BCUT2D eigenvalue weighted by molar-refractivity contribution is -0.134. The average molecular weight is 461 g/mol. The summed E-state index contributed by atoms with van der Waals surface area (Å²) < 4.78 is 5.03. The molecule has 1 amide bonds. The van der Waals surface area contributed by atoms with Crippen molar-refractivity contribution in [3.8, 4) is 0 Å². The summed E-state index contributed by atoms with van der Waals surface area (Å²) in [7, 11) is 0. The number of ether oxygens (including phenoxy) is 1. The molecule has 0 radical (unpaired) electrons. The van der Waals surface area contributed by atoms with Crippen molar-refractivity contribution in [2.45, 2.75) is 39.0 Å². The van der Waals surface area contributed by atoms with E-state index in [4.69, 9.17) is 14.9 Å². The minimum absolute atomic E-state index is 0.177. The van der Waals surface area contributed by atoms with E-state index in [-0.39, 0.29) is 11.9 Å². The molecule has 0 atom stereocenters. The number of amides is 1. The van der Waals surface area contributed by atoms with Crippen LogP contribution in [0.2, 0.25) is 0 Å². The topological polar surface area (TPSA) is 124 Å². The third kappa shape index (κ3) is 9.05. The van der Waals surface area contributed by atoms with E-state index >= 15 is 0 Å². The van der Waals surface area contributed by atoms with Crippen molar-refractivity contribution >= 4 is 23.8 Å². The molecule has 1 aromatic rings. The monoisotopic (exact) mass is 460 g/mol. The van der Waals surface area contributed by atoms with Crippen LogP contribution in [0.25, 0.3) is 0 Å². The molecular weight excluding hydrogens is 428 g/mol. The molecule has 1 saturated heterocycles. The SMILES string of the molecule is CCOC(=O)N1CCN(CC(=O)c2ccc3c(c2)CCCCC3)CC1.O=C(O)/C=C/C(=O)O. The van der Waals surface area contributed by atoms with E-state index < -0.39 is 11.9 Å². The molecule has 3 rings (SSSR count). The Bertz CT molecular complexity index is 858. The first kappa shape index (κ1) is 26.1. The third-order valence-corrected chi connectivity index (χ3v) is 5.55. The number of fused-ring (bicyclic) bond motifs is 1. The molecule has 1 aliphatic carbocycles. The number of carbonyl (C=O) groups is 4. The first-order chi connectivity index (χ1) is 15.8. The van der Waals surface area contributed by atoms with Gasteiger partial charge in [0, 0.05) is 43.9 Å². The fourth-order valence-corrected chi connectivity index (χ4v) is 3.82. The molecule has 180 valence electrons. The molecular formula is C24H32N2O7. The molecule has 1 aromatic carbocycles. The molecule has 2 aliphatic rings. The van der Waals surface area contributed by atoms with Crippen LogP contribution in [0.4, 0.5) is 4.79 Å². The minimum Gasteiger partial charge on any atom is -0.478 e. The van der Waals surface area contributed by atoms with Crippen molar-refractivity contribution in [3.63, 3.8) is 0 Å². The quantitative estimate of drug-likeness (QED) is 0.377. The average Bonchev–Trinajstić information content (AvgIpc) is 3.03. The predicted molar refractivity (Wildman–Crippen MR) is 121 cm³/mol. The van der Waals surface area contributed by atoms with Crippen molar-refractivity contribution in [1.29, 1.82) is 0 Å². The molecule has 33 heavy (non-hydrogen) atoms. The predicted octanol–water partition coefficient (Wildman–Crippen LogP) is 2.62. The van der Waals surface area contributed by atoms with E-state index in [0.29, 0.717) is 38.4 Å². The molecule has 1 heterocycles. The maximum atomic E-state index is 12.7. The van der Waals surface area contributed by atoms with Gasteiger partial charge in [-0.25, -0.2) is 14.4 Å². The van der Waals surface area contributed by atoms with Gasteiger partial charge in [0.05, 0.1) is 13.2 Å². The second-order valence-electron chi connectivity index (χ2n) is 7.94. The van der Waals surface area contributed by atoms with Crippen LogP contribution in [0, 0.1) is 0 Å². The second-order valence-corrected chi connectivity index (χ2v) is 7.94. The van der Waals surface area contributed by atoms with Gasteiger partial charge >= 0.3 is 18.0 Å². The Balaban J connectivity index is 0.000000414. The van der Waals surface area contributed by atoms with E-state index in [2.05, 4.69) is 17.0 Å². The number of piperazine rings is 1. The molecule has 1 aliphatic heterocycles. The zero-order valence-electron chi connectivity index (χ0n) is 19.0. The number of aryl methyl sites for hydroxylation is 2. The Hall–Kier alpha value is -3.20. The zero-order chi connectivity index (χ0) is 24.2. The molecule has 9 nitrogen and oxygen atoms in total. The Kier molecular flexibility index (Phi) is 10.6. The van der Waals surface area contributed by atoms with Crippen LogP contribution in [0.3, 0.4) is 0 Å². The van der Waals surface area contributed by atoms with E-state index in [9.17, 15) is 19.2 Å². The van der Waals surface area contributed by atoms with Crippen molar-refractivity contribution in [3.05, 3.63) is 47.0 Å². The number of aliphatic carboxylic acids is 2. The third-order valence-electron chi connectivity index (χ3n) is 5.55. The van der Waals surface area contributed by atoms with Gasteiger partial charge in [0.15, 0.2) is 5.78 Å². The van der Waals surface area contributed by atoms with E-state index in [1.54, 1.807) is 4.90 Å². The normalized spacial score (nSPS) is 16.2. The maximum Gasteiger partial charge on any atom is 0.409 e. The highest BCUT2D eigenvalue weighted by molar-refractivity contribution is 5.98. The first-order valence-electron chi connectivity index (χ1n) is 11.2. The molecule has 0 saturated carbocycles. The summed E-state index contributed by atoms with van der Waals surface area (Å²) in [5.74, 6) is -2.34. The van der Waals surface area contributed by atoms with Gasteiger partial charge in [0.2, 0.25) is 0 Å². The maximum absolute atomic E-state index is 12.7. The fourth-order valence-electron chi connectivity index (χ4n) is 3.82. The number of nitrogens with zero attached hydrogens (tertiary/aromatic N) is 2. The summed E-state index contributed by atoms with van der Waals surface area (Å²) in [6.45, 7) is 5.32. The molecule has 0 spiro atoms. The first-order valence-corrected chi connectivity index (χ1v) is 11.2. The Morgan fingerprint density at radius 2 is 1.52 bits per heavy atom. The van der Waals surface area contributed by atoms with Crippen LogP contribution < -0.4 is 0 Å². The summed E-state index contributed by atoms with van der Waals surface area (Å²) in [5.41, 5.74) is 3.60. The smallest absolute Gasteiger partial charge is 0.409 e. The summed E-state index contributed by atoms with van der Waals surface area (Å²) >= 11 is 0. The molecule has 1 fully saturated rings. The molecule has 0 unspecified atom stereocenters. The van der Waals surface area contributed by atoms with E-state index in [1.807, 2.05) is 13.0 Å². The van der Waals surface area contributed by atoms with Crippen LogP contribution in [0.15, 0.2) is 30.4 Å². The fraction of sp³-hybridized carbons (Fsp3) is 0.500. The van der Waals surface area contributed by atoms with E-state index in [1.165, 1.54) is 30.4 Å². The van der Waals surface area contributed by atoms with Gasteiger partial charge in [-0.1, -0.05) is 18.6 Å². The number of carbonyl (C=O) groups excluding carboxylic acids is 2. The van der Waals surface area contributed by atoms with Crippen molar-refractivity contribution < 1.29 is 34.1 Å². The molecule has 0 aromatic heterocycles. The second kappa shape index (κ2) is 13.4. The Morgan fingerprint density at radius 3 is 2.09 bits per heavy atom. The van der Waals surface area contributed by atoms with Gasteiger partial charge in [-0.05, 0) is 49.8 Å². The highest BCUT2D eigenvalue weighted by Crippen LogP contribution is 2.22. The lowest BCUT2D eigenvalue weighted by atomic mass is 9.98. The highest BCUT2D eigenvalue weighted by atomic mass is 16.6. The number of Topliss-reactive ketones (excluding diaryl/α,β-unsaturated/α-hetero) is 1. The van der Waals surface area contributed by atoms with Gasteiger partial charge < -0.3 is 19.8 Å². The van der Waals surface area contributed by atoms with Gasteiger partial charge in [0.25, 0.3) is 0 Å².